The minimum Gasteiger partial charge on any atom is -0.354 e. The standard InChI is InChI=1S/C17H22N6O/c1-11-5-6-23(15(24)8-18-3)9-14(11)22(4)17-13-7-12(2)21-16(13)19-10-20-17/h7,10-11,14H,5-6,8-9H2,1-2,4H3,(H,19,20,21)/t11-,14+/m1/s1/i1D3,4D3,5D2,6D2,7D,9D2,11D. The molecule has 1 saturated heterocycles. The van der Waals surface area contributed by atoms with E-state index in [-0.39, 0.29) is 32.6 Å². The van der Waals surface area contributed by atoms with Crippen molar-refractivity contribution in [2.24, 2.45) is 5.89 Å². The summed E-state index contributed by atoms with van der Waals surface area (Å²) in [5.74, 6) is -6.27. The zero-order chi connectivity index (χ0) is 29.4. The van der Waals surface area contributed by atoms with E-state index < -0.39 is 63.4 Å². The zero-order valence-electron chi connectivity index (χ0n) is 26.5. The highest BCUT2D eigenvalue weighted by Gasteiger charge is 2.33. The second-order valence-electron chi connectivity index (χ2n) is 4.89. The third kappa shape index (κ3) is 2.92. The molecule has 1 fully saturated rings. The van der Waals surface area contributed by atoms with Crippen molar-refractivity contribution in [3.8, 4) is 0 Å². The number of nitrogens with zero attached hydrogens (tertiary/aromatic N) is 5. The predicted molar refractivity (Wildman–Crippen MR) is 92.6 cm³/mol. The molecule has 1 amide bonds. The summed E-state index contributed by atoms with van der Waals surface area (Å²) in [4.78, 5) is 25.7. The number of carbonyl (C=O) groups is 1. The monoisotopic (exact) mass is 340 g/mol. The van der Waals surface area contributed by atoms with Crippen molar-refractivity contribution in [2.75, 3.05) is 31.4 Å². The molecule has 0 spiro atoms. The van der Waals surface area contributed by atoms with Crippen LogP contribution in [0.3, 0.4) is 0 Å². The van der Waals surface area contributed by atoms with E-state index >= 15 is 0 Å². The first kappa shape index (κ1) is 6.36. The number of amides is 1. The van der Waals surface area contributed by atoms with Crippen LogP contribution >= 0.6 is 0 Å². The van der Waals surface area contributed by atoms with E-state index in [1.807, 2.05) is 0 Å². The molecule has 3 rings (SSSR count). The first-order valence-electron chi connectivity index (χ1n) is 13.8. The fourth-order valence-corrected chi connectivity index (χ4v) is 2.15. The second kappa shape index (κ2) is 6.48. The average Bonchev–Trinajstić information content (AvgIpc) is 3.02. The number of piperidine rings is 1. The molecule has 24 heavy (non-hydrogen) atoms. The van der Waals surface area contributed by atoms with Gasteiger partial charge < -0.3 is 19.6 Å². The summed E-state index contributed by atoms with van der Waals surface area (Å²) in [5.41, 5.74) is 0.0687. The molecule has 0 unspecified atom stereocenters. The van der Waals surface area contributed by atoms with Gasteiger partial charge in [0.15, 0.2) is 0 Å². The van der Waals surface area contributed by atoms with Crippen LogP contribution in [-0.2, 0) is 4.79 Å². The predicted octanol–water partition coefficient (Wildman–Crippen LogP) is 1.86. The van der Waals surface area contributed by atoms with Crippen molar-refractivity contribution in [2.45, 2.75) is 26.2 Å². The first-order chi connectivity index (χ1) is 17.0. The number of aromatic amines is 1. The fourth-order valence-electron chi connectivity index (χ4n) is 2.15. The lowest BCUT2D eigenvalue weighted by Gasteiger charge is -2.41. The Morgan fingerprint density at radius 1 is 1.75 bits per heavy atom. The maximum Gasteiger partial charge on any atom is 0.302 e. The smallest absolute Gasteiger partial charge is 0.302 e. The minimum absolute atomic E-state index is 0.0207. The summed E-state index contributed by atoms with van der Waals surface area (Å²) in [6.07, 6.45) is -3.13. The lowest BCUT2D eigenvalue weighted by Crippen LogP contribution is -2.53. The average molecular weight is 340 g/mol. The zero-order valence-corrected chi connectivity index (χ0v) is 12.5. The fraction of sp³-hybridized carbons (Fsp3) is 0.529. The molecule has 0 radical (unpaired) electrons. The van der Waals surface area contributed by atoms with E-state index in [2.05, 4.69) is 19.8 Å². The van der Waals surface area contributed by atoms with E-state index in [9.17, 15) is 4.79 Å². The van der Waals surface area contributed by atoms with Gasteiger partial charge in [-0.15, -0.1) is 0 Å². The number of likely N-dealkylation sites (N-methyl/N-ethyl adjacent to an activating group) is 1. The van der Waals surface area contributed by atoms with Crippen LogP contribution in [0.1, 0.15) is 38.1 Å². The van der Waals surface area contributed by atoms with Crippen LogP contribution in [0.2, 0.25) is 0 Å². The highest BCUT2D eigenvalue weighted by Crippen LogP contribution is 2.29. The van der Waals surface area contributed by atoms with Gasteiger partial charge in [-0.05, 0) is 25.2 Å². The quantitative estimate of drug-likeness (QED) is 0.866. The van der Waals surface area contributed by atoms with Crippen LogP contribution < -0.4 is 4.90 Å². The summed E-state index contributed by atoms with van der Waals surface area (Å²) >= 11 is 0. The van der Waals surface area contributed by atoms with Crippen LogP contribution in [0.4, 0.5) is 5.82 Å². The van der Waals surface area contributed by atoms with Gasteiger partial charge in [-0.1, -0.05) is 6.85 Å². The number of fused-ring (bicyclic) bond motifs is 1. The molecule has 0 bridgehead atoms. The Kier molecular flexibility index (Phi) is 1.71. The molecule has 1 N–H and O–H groups in total. The number of carbonyl (C=O) groups excluding carboxylic acids is 1. The number of rotatable bonds is 3. The molecule has 7 heteroatoms. The van der Waals surface area contributed by atoms with Crippen molar-refractivity contribution in [1.82, 2.24) is 19.9 Å². The summed E-state index contributed by atoms with van der Waals surface area (Å²) in [7, 11) is 0. The molecular formula is C17H22N6O. The molecule has 1 aliphatic heterocycles. The normalized spacial score (nSPS) is 39.8. The maximum absolute atomic E-state index is 12.8. The van der Waals surface area contributed by atoms with Gasteiger partial charge in [-0.3, -0.25) is 4.79 Å². The van der Waals surface area contributed by atoms with Gasteiger partial charge in [0.2, 0.25) is 0 Å². The van der Waals surface area contributed by atoms with Gasteiger partial charge in [0.1, 0.15) is 17.8 Å². The van der Waals surface area contributed by atoms with Crippen LogP contribution in [0.15, 0.2) is 12.4 Å². The Balaban J connectivity index is 2.56. The SMILES string of the molecule is [2H]c1c(C)[nH]c2ncnc(N([C@H]3C([2H])([2H])N(C(=O)C[N+]#[C-])C([2H])([2H])C([2H])([2H])[C@@]3([2H])C([2H])([2H])[2H])C([2H])([2H])[2H])c12. The van der Waals surface area contributed by atoms with E-state index in [4.69, 9.17) is 25.8 Å². The molecule has 3 heterocycles. The number of hydrogen-bond acceptors (Lipinski definition) is 4. The Hall–Kier alpha value is -2.62. The highest BCUT2D eigenvalue weighted by molar-refractivity contribution is 5.88. The van der Waals surface area contributed by atoms with Gasteiger partial charge in [-0.25, -0.2) is 16.5 Å². The highest BCUT2D eigenvalue weighted by atomic mass is 16.2. The molecule has 2 aromatic rings. The summed E-state index contributed by atoms with van der Waals surface area (Å²) in [6, 6.07) is -3.33. The number of nitrogens with one attached hydrogen (secondary N) is 1. The third-order valence-electron chi connectivity index (χ3n) is 3.22. The molecular weight excluding hydrogens is 304 g/mol. The summed E-state index contributed by atoms with van der Waals surface area (Å²) in [5, 5.41) is -0.321. The van der Waals surface area contributed by atoms with Gasteiger partial charge in [0.05, 0.1) is 15.5 Å². The molecule has 1 aliphatic rings. The number of anilines is 1. The number of aryl methyl sites for hydroxylation is 1. The van der Waals surface area contributed by atoms with Crippen LogP contribution in [-0.4, -0.2) is 58.3 Å². The Morgan fingerprint density at radius 2 is 2.62 bits per heavy atom. The van der Waals surface area contributed by atoms with Crippen molar-refractivity contribution in [1.29, 1.82) is 0 Å². The Bertz CT molecular complexity index is 1310. The van der Waals surface area contributed by atoms with Crippen molar-refractivity contribution in [3.05, 3.63) is 29.5 Å². The van der Waals surface area contributed by atoms with Gasteiger partial charge in [-0.2, -0.15) is 0 Å². The van der Waals surface area contributed by atoms with Crippen molar-refractivity contribution < 1.29 is 24.0 Å². The Labute approximate surface area is 161 Å². The van der Waals surface area contributed by atoms with Crippen molar-refractivity contribution in [3.63, 3.8) is 0 Å². The van der Waals surface area contributed by atoms with E-state index in [1.165, 1.54) is 6.92 Å². The molecule has 2 aromatic heterocycles. The molecule has 126 valence electrons. The van der Waals surface area contributed by atoms with Gasteiger partial charge in [0.25, 0.3) is 6.54 Å². The topological polar surface area (TPSA) is 69.5 Å². The number of likely N-dealkylation sites (tertiary alicyclic amines) is 1. The molecule has 0 saturated carbocycles. The lowest BCUT2D eigenvalue weighted by atomic mass is 9.92. The summed E-state index contributed by atoms with van der Waals surface area (Å²) in [6.45, 7) is -7.84. The van der Waals surface area contributed by atoms with Crippen LogP contribution in [0.25, 0.3) is 15.9 Å². The molecule has 0 aliphatic carbocycles. The van der Waals surface area contributed by atoms with E-state index in [0.29, 0.717) is 0 Å². The molecule has 0 aromatic carbocycles. The lowest BCUT2D eigenvalue weighted by molar-refractivity contribution is -0.130. The Morgan fingerprint density at radius 3 is 3.38 bits per heavy atom. The second-order valence-corrected chi connectivity index (χ2v) is 4.89. The minimum atomic E-state index is -3.95. The van der Waals surface area contributed by atoms with Crippen LogP contribution in [0, 0.1) is 19.4 Å². The molecule has 7 nitrogen and oxygen atoms in total. The van der Waals surface area contributed by atoms with E-state index in [0.717, 1.165) is 6.33 Å². The summed E-state index contributed by atoms with van der Waals surface area (Å²) < 4.78 is 117. The van der Waals surface area contributed by atoms with Gasteiger partial charge in [0, 0.05) is 40.7 Å². The third-order valence-corrected chi connectivity index (χ3v) is 3.22. The van der Waals surface area contributed by atoms with Gasteiger partial charge >= 0.3 is 5.91 Å². The van der Waals surface area contributed by atoms with Crippen LogP contribution in [0.5, 0.6) is 0 Å². The maximum atomic E-state index is 12.8. The number of hydrogen-bond donors (Lipinski definition) is 1. The van der Waals surface area contributed by atoms with E-state index in [1.54, 1.807) is 0 Å². The van der Waals surface area contributed by atoms with Crippen molar-refractivity contribution >= 4 is 22.8 Å². The molecule has 2 atom stereocenters. The first-order valence-corrected chi connectivity index (χ1v) is 6.76. The number of H-pyrrole nitrogens is 1. The number of aromatic nitrogens is 3. The largest absolute Gasteiger partial charge is 0.354 e.